The van der Waals surface area contributed by atoms with E-state index in [1.165, 1.54) is 5.56 Å². The van der Waals surface area contributed by atoms with E-state index in [0.29, 0.717) is 25.1 Å². The van der Waals surface area contributed by atoms with Gasteiger partial charge in [-0.3, -0.25) is 14.3 Å². The van der Waals surface area contributed by atoms with Crippen molar-refractivity contribution >= 4 is 17.6 Å². The number of anilines is 1. The number of amides is 1. The van der Waals surface area contributed by atoms with Gasteiger partial charge in [0.05, 0.1) is 30.3 Å². The van der Waals surface area contributed by atoms with Crippen LogP contribution in [0, 0.1) is 18.8 Å². The van der Waals surface area contributed by atoms with Crippen molar-refractivity contribution in [2.24, 2.45) is 11.8 Å². The Morgan fingerprint density at radius 1 is 1.24 bits per heavy atom. The highest BCUT2D eigenvalue weighted by atomic mass is 16.4. The Morgan fingerprint density at radius 2 is 1.96 bits per heavy atom. The quantitative estimate of drug-likeness (QED) is 0.821. The summed E-state index contributed by atoms with van der Waals surface area (Å²) in [5.74, 6) is -2.43. The van der Waals surface area contributed by atoms with Crippen LogP contribution < -0.4 is 5.32 Å². The Labute approximate surface area is 146 Å². The molecule has 1 heterocycles. The molecule has 6 nitrogen and oxygen atoms in total. The molecule has 1 aromatic carbocycles. The largest absolute Gasteiger partial charge is 0.481 e. The molecule has 1 amide bonds. The number of carbonyl (C=O) groups excluding carboxylic acids is 1. The highest BCUT2D eigenvalue weighted by Crippen LogP contribution is 2.27. The van der Waals surface area contributed by atoms with Crippen molar-refractivity contribution in [3.05, 3.63) is 59.9 Å². The molecule has 25 heavy (non-hydrogen) atoms. The smallest absolute Gasteiger partial charge is 0.307 e. The molecule has 0 bridgehead atoms. The molecular formula is C19H21N3O3. The molecule has 0 radical (unpaired) electrons. The second kappa shape index (κ2) is 7.34. The number of nitrogens with zero attached hydrogens (tertiary/aromatic N) is 2. The van der Waals surface area contributed by atoms with E-state index in [0.717, 1.165) is 5.56 Å². The molecule has 1 aliphatic carbocycles. The van der Waals surface area contributed by atoms with Gasteiger partial charge in [0.15, 0.2) is 0 Å². The van der Waals surface area contributed by atoms with E-state index in [1.807, 2.05) is 43.3 Å². The predicted molar refractivity (Wildman–Crippen MR) is 94.1 cm³/mol. The van der Waals surface area contributed by atoms with E-state index in [9.17, 15) is 14.7 Å². The summed E-state index contributed by atoms with van der Waals surface area (Å²) < 4.78 is 1.76. The van der Waals surface area contributed by atoms with Crippen LogP contribution in [0.5, 0.6) is 0 Å². The Morgan fingerprint density at radius 3 is 2.68 bits per heavy atom. The standard InChI is InChI=1S/C19H21N3O3/c1-13-6-2-3-7-14(13)11-22-12-15(10-20-22)21-18(23)16-8-4-5-9-17(16)19(24)25/h2-7,10,12,16-17H,8-9,11H2,1H3,(H,21,23)(H,24,25)/t16-,17+/m1/s1. The molecule has 2 aromatic rings. The van der Waals surface area contributed by atoms with Gasteiger partial charge < -0.3 is 10.4 Å². The number of hydrogen-bond acceptors (Lipinski definition) is 3. The molecule has 130 valence electrons. The Bertz CT molecular complexity index is 810. The first-order valence-corrected chi connectivity index (χ1v) is 8.30. The maximum absolute atomic E-state index is 12.5. The van der Waals surface area contributed by atoms with Crippen LogP contribution >= 0.6 is 0 Å². The van der Waals surface area contributed by atoms with Crippen molar-refractivity contribution < 1.29 is 14.7 Å². The number of aliphatic carboxylic acids is 1. The molecule has 0 spiro atoms. The third-order valence-corrected chi connectivity index (χ3v) is 4.58. The highest BCUT2D eigenvalue weighted by molar-refractivity contribution is 5.95. The summed E-state index contributed by atoms with van der Waals surface area (Å²) in [5, 5.41) is 16.4. The zero-order valence-corrected chi connectivity index (χ0v) is 14.1. The monoisotopic (exact) mass is 339 g/mol. The summed E-state index contributed by atoms with van der Waals surface area (Å²) in [7, 11) is 0. The van der Waals surface area contributed by atoms with Crippen molar-refractivity contribution in [3.63, 3.8) is 0 Å². The van der Waals surface area contributed by atoms with Crippen LogP contribution in [0.4, 0.5) is 5.69 Å². The minimum atomic E-state index is -0.931. The Balaban J connectivity index is 1.67. The van der Waals surface area contributed by atoms with Crippen LogP contribution in [0.25, 0.3) is 0 Å². The molecule has 0 aliphatic heterocycles. The highest BCUT2D eigenvalue weighted by Gasteiger charge is 2.34. The van der Waals surface area contributed by atoms with E-state index < -0.39 is 17.8 Å². The number of allylic oxidation sites excluding steroid dienone is 2. The lowest BCUT2D eigenvalue weighted by Crippen LogP contribution is -2.34. The van der Waals surface area contributed by atoms with Crippen molar-refractivity contribution in [2.75, 3.05) is 5.32 Å². The molecule has 2 atom stereocenters. The number of hydrogen-bond donors (Lipinski definition) is 2. The van der Waals surface area contributed by atoms with Crippen molar-refractivity contribution in [1.29, 1.82) is 0 Å². The molecular weight excluding hydrogens is 318 g/mol. The zero-order valence-electron chi connectivity index (χ0n) is 14.1. The van der Waals surface area contributed by atoms with Crippen molar-refractivity contribution in [1.82, 2.24) is 9.78 Å². The molecule has 0 fully saturated rings. The van der Waals surface area contributed by atoms with Crippen LogP contribution in [0.3, 0.4) is 0 Å². The third kappa shape index (κ3) is 3.96. The maximum atomic E-state index is 12.5. The molecule has 0 unspecified atom stereocenters. The van der Waals surface area contributed by atoms with Crippen LogP contribution in [-0.4, -0.2) is 26.8 Å². The number of carbonyl (C=O) groups is 2. The summed E-state index contributed by atoms with van der Waals surface area (Å²) >= 11 is 0. The number of aromatic nitrogens is 2. The Hall–Kier alpha value is -2.89. The predicted octanol–water partition coefficient (Wildman–Crippen LogP) is 2.85. The van der Waals surface area contributed by atoms with Gasteiger partial charge in [0.2, 0.25) is 5.91 Å². The lowest BCUT2D eigenvalue weighted by Gasteiger charge is -2.23. The number of carboxylic acids is 1. The van der Waals surface area contributed by atoms with E-state index >= 15 is 0 Å². The van der Waals surface area contributed by atoms with Crippen LogP contribution in [0.2, 0.25) is 0 Å². The third-order valence-electron chi connectivity index (χ3n) is 4.58. The Kier molecular flexibility index (Phi) is 4.97. The fourth-order valence-electron chi connectivity index (χ4n) is 3.09. The van der Waals surface area contributed by atoms with Gasteiger partial charge in [-0.15, -0.1) is 0 Å². The fraction of sp³-hybridized carbons (Fsp3) is 0.316. The molecule has 0 saturated heterocycles. The fourth-order valence-corrected chi connectivity index (χ4v) is 3.09. The summed E-state index contributed by atoms with van der Waals surface area (Å²) in [6, 6.07) is 8.06. The van der Waals surface area contributed by atoms with Crippen molar-refractivity contribution in [3.8, 4) is 0 Å². The van der Waals surface area contributed by atoms with Crippen LogP contribution in [-0.2, 0) is 16.1 Å². The average molecular weight is 339 g/mol. The van der Waals surface area contributed by atoms with Gasteiger partial charge in [0.1, 0.15) is 0 Å². The van der Waals surface area contributed by atoms with E-state index in [2.05, 4.69) is 10.4 Å². The second-order valence-corrected chi connectivity index (χ2v) is 6.34. The van der Waals surface area contributed by atoms with E-state index in [1.54, 1.807) is 17.1 Å². The molecule has 1 aliphatic rings. The van der Waals surface area contributed by atoms with Gasteiger partial charge in [-0.1, -0.05) is 36.4 Å². The lowest BCUT2D eigenvalue weighted by atomic mass is 9.82. The van der Waals surface area contributed by atoms with E-state index in [-0.39, 0.29) is 5.91 Å². The number of benzene rings is 1. The SMILES string of the molecule is Cc1ccccc1Cn1cc(NC(=O)[C@@H]2CC=CC[C@@H]2C(=O)O)cn1. The first-order chi connectivity index (χ1) is 12.0. The van der Waals surface area contributed by atoms with Crippen LogP contribution in [0.1, 0.15) is 24.0 Å². The lowest BCUT2D eigenvalue weighted by molar-refractivity contribution is -0.146. The van der Waals surface area contributed by atoms with E-state index in [4.69, 9.17) is 0 Å². The number of carboxylic acid groups (broad SMARTS) is 1. The molecule has 0 saturated carbocycles. The maximum Gasteiger partial charge on any atom is 0.307 e. The minimum Gasteiger partial charge on any atom is -0.481 e. The summed E-state index contributed by atoms with van der Waals surface area (Å²) in [6.07, 6.45) is 7.87. The molecule has 1 aromatic heterocycles. The first kappa shape index (κ1) is 17.0. The van der Waals surface area contributed by atoms with Crippen molar-refractivity contribution in [2.45, 2.75) is 26.3 Å². The topological polar surface area (TPSA) is 84.2 Å². The first-order valence-electron chi connectivity index (χ1n) is 8.30. The number of rotatable bonds is 5. The molecule has 6 heteroatoms. The van der Waals surface area contributed by atoms with Gasteiger partial charge in [-0.2, -0.15) is 5.10 Å². The average Bonchev–Trinajstić information content (AvgIpc) is 3.04. The van der Waals surface area contributed by atoms with Gasteiger partial charge in [0, 0.05) is 6.20 Å². The van der Waals surface area contributed by atoms with Gasteiger partial charge in [-0.25, -0.2) is 0 Å². The summed E-state index contributed by atoms with van der Waals surface area (Å²) in [4.78, 5) is 23.8. The van der Waals surface area contributed by atoms with Crippen LogP contribution in [0.15, 0.2) is 48.8 Å². The zero-order chi connectivity index (χ0) is 17.8. The normalized spacial score (nSPS) is 19.6. The minimum absolute atomic E-state index is 0.271. The number of aryl methyl sites for hydroxylation is 1. The van der Waals surface area contributed by atoms with Gasteiger partial charge >= 0.3 is 5.97 Å². The van der Waals surface area contributed by atoms with Gasteiger partial charge in [-0.05, 0) is 30.9 Å². The molecule has 2 N–H and O–H groups in total. The van der Waals surface area contributed by atoms with Gasteiger partial charge in [0.25, 0.3) is 0 Å². The summed E-state index contributed by atoms with van der Waals surface area (Å²) in [5.41, 5.74) is 2.92. The number of nitrogens with one attached hydrogen (secondary N) is 1. The summed E-state index contributed by atoms with van der Waals surface area (Å²) in [6.45, 7) is 2.66. The molecule has 3 rings (SSSR count). The second-order valence-electron chi connectivity index (χ2n) is 6.34.